The molecule has 2 nitrogen and oxygen atoms in total. The highest BCUT2D eigenvalue weighted by molar-refractivity contribution is 6.41. The van der Waals surface area contributed by atoms with Crippen molar-refractivity contribution < 1.29 is 0 Å². The number of likely N-dealkylation sites (N-methyl/N-ethyl adjacent to an activating group) is 1. The SMILES string of the molecule is CN1c2cc(-c3c4cc5ccccc5cc4c(-c4ccc5c(c4)C(N)c4ccccc4-5)c4c5cccc6ccc7cccc(c34)c7c65)ccc2C2C=CC=CC21. The molecular formula is C54H36N2. The number of benzene rings is 10. The van der Waals surface area contributed by atoms with E-state index in [2.05, 4.69) is 182 Å². The molecule has 0 bridgehead atoms. The van der Waals surface area contributed by atoms with Crippen molar-refractivity contribution in [2.75, 3.05) is 11.9 Å². The molecule has 0 saturated carbocycles. The lowest BCUT2D eigenvalue weighted by Crippen LogP contribution is -2.28. The maximum atomic E-state index is 7.09. The van der Waals surface area contributed by atoms with Crippen LogP contribution in [0.25, 0.3) is 98.0 Å². The van der Waals surface area contributed by atoms with Gasteiger partial charge in [-0.3, -0.25) is 0 Å². The minimum absolute atomic E-state index is 0.168. The van der Waals surface area contributed by atoms with Gasteiger partial charge in [0.05, 0.1) is 12.1 Å². The van der Waals surface area contributed by atoms with E-state index >= 15 is 0 Å². The Morgan fingerprint density at radius 1 is 0.446 bits per heavy atom. The van der Waals surface area contributed by atoms with Crippen LogP contribution in [0, 0.1) is 0 Å². The summed E-state index contributed by atoms with van der Waals surface area (Å²) in [6, 6.07) is 55.3. The molecule has 2 heteroatoms. The third-order valence-electron chi connectivity index (χ3n) is 13.5. The van der Waals surface area contributed by atoms with Crippen LogP contribution in [0.2, 0.25) is 0 Å². The first-order valence-corrected chi connectivity index (χ1v) is 19.8. The van der Waals surface area contributed by atoms with E-state index in [-0.39, 0.29) is 6.04 Å². The summed E-state index contributed by atoms with van der Waals surface area (Å²) < 4.78 is 0. The lowest BCUT2D eigenvalue weighted by atomic mass is 9.79. The second-order valence-electron chi connectivity index (χ2n) is 16.2. The lowest BCUT2D eigenvalue weighted by Gasteiger charge is -2.25. The quantitative estimate of drug-likeness (QED) is 0.143. The minimum Gasteiger partial charge on any atom is -0.367 e. The highest BCUT2D eigenvalue weighted by atomic mass is 15.2. The Labute approximate surface area is 324 Å². The molecule has 0 spiro atoms. The molecule has 0 saturated heterocycles. The zero-order valence-corrected chi connectivity index (χ0v) is 30.9. The van der Waals surface area contributed by atoms with Gasteiger partial charge in [0.15, 0.2) is 0 Å². The first-order valence-electron chi connectivity index (χ1n) is 19.8. The van der Waals surface area contributed by atoms with E-state index in [9.17, 15) is 0 Å². The van der Waals surface area contributed by atoms with E-state index in [1.54, 1.807) is 0 Å². The molecule has 1 aliphatic heterocycles. The van der Waals surface area contributed by atoms with Crippen molar-refractivity contribution in [2.45, 2.75) is 18.0 Å². The Balaban J connectivity index is 1.24. The summed E-state index contributed by atoms with van der Waals surface area (Å²) in [4.78, 5) is 2.48. The van der Waals surface area contributed by atoms with E-state index in [4.69, 9.17) is 5.73 Å². The van der Waals surface area contributed by atoms with Crippen LogP contribution in [0.4, 0.5) is 5.69 Å². The average Bonchev–Trinajstić information content (AvgIpc) is 3.70. The van der Waals surface area contributed by atoms with Crippen LogP contribution in [0.3, 0.4) is 0 Å². The van der Waals surface area contributed by atoms with Gasteiger partial charge in [-0.2, -0.15) is 0 Å². The monoisotopic (exact) mass is 712 g/mol. The number of nitrogens with zero attached hydrogens (tertiary/aromatic N) is 1. The molecular weight excluding hydrogens is 677 g/mol. The smallest absolute Gasteiger partial charge is 0.0577 e. The molecule has 56 heavy (non-hydrogen) atoms. The van der Waals surface area contributed by atoms with Crippen molar-refractivity contribution >= 4 is 70.3 Å². The van der Waals surface area contributed by atoms with Crippen molar-refractivity contribution in [1.29, 1.82) is 0 Å². The number of hydrogen-bond donors (Lipinski definition) is 1. The summed E-state index contributed by atoms with van der Waals surface area (Å²) in [6.07, 6.45) is 9.11. The van der Waals surface area contributed by atoms with Gasteiger partial charge in [-0.05, 0) is 139 Å². The van der Waals surface area contributed by atoms with Gasteiger partial charge >= 0.3 is 0 Å². The molecule has 10 aromatic rings. The minimum atomic E-state index is -0.168. The molecule has 3 aliphatic rings. The Morgan fingerprint density at radius 3 is 1.75 bits per heavy atom. The fourth-order valence-electron chi connectivity index (χ4n) is 11.0. The molecule has 3 unspecified atom stereocenters. The molecule has 0 fully saturated rings. The van der Waals surface area contributed by atoms with E-state index in [0.717, 1.165) is 0 Å². The Hall–Kier alpha value is -6.74. The zero-order valence-electron chi connectivity index (χ0n) is 30.9. The molecule has 262 valence electrons. The third kappa shape index (κ3) is 3.89. The largest absolute Gasteiger partial charge is 0.367 e. The van der Waals surface area contributed by atoms with Gasteiger partial charge in [0.2, 0.25) is 0 Å². The zero-order chi connectivity index (χ0) is 36.8. The molecule has 2 aliphatic carbocycles. The summed E-state index contributed by atoms with van der Waals surface area (Å²) in [6.45, 7) is 0. The summed E-state index contributed by atoms with van der Waals surface area (Å²) in [5.74, 6) is 0.363. The fourth-order valence-corrected chi connectivity index (χ4v) is 11.0. The van der Waals surface area contributed by atoms with Gasteiger partial charge in [0.1, 0.15) is 0 Å². The fraction of sp³-hybridized carbons (Fsp3) is 0.0741. The van der Waals surface area contributed by atoms with E-state index in [0.29, 0.717) is 12.0 Å². The van der Waals surface area contributed by atoms with Crippen LogP contribution >= 0.6 is 0 Å². The van der Waals surface area contributed by atoms with Gasteiger partial charge in [-0.15, -0.1) is 0 Å². The molecule has 3 atom stereocenters. The van der Waals surface area contributed by atoms with Crippen molar-refractivity contribution in [3.63, 3.8) is 0 Å². The standard InChI is InChI=1S/C54H36N2/c1-56-46-19-7-6-15-38(46)39-25-23-35(29-47(39)56)51-44-27-33-11-3-2-10-32(33)26-43(44)50(34-22-24-37-36-14-4-5-16-40(36)54(55)45(37)28-34)52-41-17-8-12-30-20-21-31-13-9-18-42(53(51)52)49(31)48(30)41/h2-29,38,46,54H,55H2,1H3. The summed E-state index contributed by atoms with van der Waals surface area (Å²) in [7, 11) is 2.26. The lowest BCUT2D eigenvalue weighted by molar-refractivity contribution is 0.723. The number of hydrogen-bond acceptors (Lipinski definition) is 2. The van der Waals surface area contributed by atoms with Crippen molar-refractivity contribution in [2.24, 2.45) is 5.73 Å². The molecule has 2 N–H and O–H groups in total. The molecule has 10 aromatic carbocycles. The second-order valence-corrected chi connectivity index (χ2v) is 16.2. The normalized spacial score (nSPS) is 18.2. The van der Waals surface area contributed by atoms with Gasteiger partial charge in [-0.1, -0.05) is 146 Å². The highest BCUT2D eigenvalue weighted by Gasteiger charge is 2.35. The van der Waals surface area contributed by atoms with Crippen LogP contribution in [0.1, 0.15) is 28.7 Å². The van der Waals surface area contributed by atoms with Crippen LogP contribution in [-0.4, -0.2) is 13.1 Å². The predicted octanol–water partition coefficient (Wildman–Crippen LogP) is 13.4. The Bertz CT molecular complexity index is 3420. The van der Waals surface area contributed by atoms with E-state index in [1.165, 1.54) is 120 Å². The first-order chi connectivity index (χ1) is 27.6. The third-order valence-corrected chi connectivity index (χ3v) is 13.5. The molecule has 0 aromatic heterocycles. The Kier molecular flexibility index (Phi) is 5.97. The van der Waals surface area contributed by atoms with Gasteiger partial charge in [-0.25, -0.2) is 0 Å². The topological polar surface area (TPSA) is 29.3 Å². The first kappa shape index (κ1) is 30.6. The molecule has 0 amide bonds. The molecule has 0 radical (unpaired) electrons. The Morgan fingerprint density at radius 2 is 1.04 bits per heavy atom. The maximum absolute atomic E-state index is 7.09. The summed E-state index contributed by atoms with van der Waals surface area (Å²) in [5.41, 5.74) is 19.7. The number of allylic oxidation sites excluding steroid dienone is 2. The average molecular weight is 713 g/mol. The van der Waals surface area contributed by atoms with Crippen molar-refractivity contribution in [3.8, 4) is 33.4 Å². The van der Waals surface area contributed by atoms with Gasteiger partial charge < -0.3 is 10.6 Å². The number of anilines is 1. The predicted molar refractivity (Wildman–Crippen MR) is 238 cm³/mol. The summed E-state index contributed by atoms with van der Waals surface area (Å²) >= 11 is 0. The number of fused-ring (bicyclic) bond motifs is 11. The summed E-state index contributed by atoms with van der Waals surface area (Å²) in [5, 5.41) is 15.4. The number of nitrogens with two attached hydrogens (primary N) is 1. The van der Waals surface area contributed by atoms with Crippen LogP contribution in [0.15, 0.2) is 170 Å². The molecule has 13 rings (SSSR count). The number of rotatable bonds is 2. The van der Waals surface area contributed by atoms with E-state index < -0.39 is 0 Å². The van der Waals surface area contributed by atoms with Crippen molar-refractivity contribution in [1.82, 2.24) is 0 Å². The molecule has 1 heterocycles. The van der Waals surface area contributed by atoms with Gasteiger partial charge in [0.25, 0.3) is 0 Å². The van der Waals surface area contributed by atoms with Crippen LogP contribution < -0.4 is 10.6 Å². The maximum Gasteiger partial charge on any atom is 0.0577 e. The van der Waals surface area contributed by atoms with E-state index in [1.807, 2.05) is 0 Å². The second kappa shape index (κ2) is 10.9. The van der Waals surface area contributed by atoms with Crippen LogP contribution in [0.5, 0.6) is 0 Å². The van der Waals surface area contributed by atoms with Crippen molar-refractivity contribution in [3.05, 3.63) is 187 Å². The van der Waals surface area contributed by atoms with Gasteiger partial charge in [0, 0.05) is 18.7 Å². The van der Waals surface area contributed by atoms with Crippen LogP contribution in [-0.2, 0) is 0 Å². The highest BCUT2D eigenvalue weighted by Crippen LogP contribution is 2.54.